The second kappa shape index (κ2) is 4.23. The standard InChI is InChI=1S/C9H15N3OS/c1-12-8(10-11-9(12)14)5-4-7-3-2-6-13-7/h7H,2-6H2,1H3,(H,11,14). The summed E-state index contributed by atoms with van der Waals surface area (Å²) < 4.78 is 8.16. The Kier molecular flexibility index (Phi) is 2.98. The van der Waals surface area contributed by atoms with Crippen LogP contribution < -0.4 is 0 Å². The molecule has 1 aromatic rings. The molecule has 0 aliphatic carbocycles. The van der Waals surface area contributed by atoms with Crippen LogP contribution in [0.2, 0.25) is 0 Å². The predicted octanol–water partition coefficient (Wildman–Crippen LogP) is 1.59. The van der Waals surface area contributed by atoms with Crippen LogP contribution in [0.15, 0.2) is 0 Å². The molecule has 1 aliphatic heterocycles. The van der Waals surface area contributed by atoms with Crippen molar-refractivity contribution >= 4 is 12.2 Å². The number of nitrogens with one attached hydrogen (secondary N) is 1. The predicted molar refractivity (Wildman–Crippen MR) is 55.7 cm³/mol. The number of aromatic amines is 1. The number of nitrogens with zero attached hydrogens (tertiary/aromatic N) is 2. The maximum absolute atomic E-state index is 5.55. The van der Waals surface area contributed by atoms with E-state index >= 15 is 0 Å². The fourth-order valence-electron chi connectivity index (χ4n) is 1.77. The minimum absolute atomic E-state index is 0.431. The van der Waals surface area contributed by atoms with Gasteiger partial charge in [-0.15, -0.1) is 0 Å². The van der Waals surface area contributed by atoms with Gasteiger partial charge in [0.25, 0.3) is 0 Å². The van der Waals surface area contributed by atoms with Gasteiger partial charge < -0.3 is 9.30 Å². The van der Waals surface area contributed by atoms with Crippen molar-refractivity contribution < 1.29 is 4.74 Å². The van der Waals surface area contributed by atoms with E-state index in [1.165, 1.54) is 12.8 Å². The molecule has 4 nitrogen and oxygen atoms in total. The Morgan fingerprint density at radius 2 is 2.57 bits per heavy atom. The molecule has 14 heavy (non-hydrogen) atoms. The highest BCUT2D eigenvalue weighted by Crippen LogP contribution is 2.16. The van der Waals surface area contributed by atoms with Crippen molar-refractivity contribution in [2.45, 2.75) is 31.8 Å². The summed E-state index contributed by atoms with van der Waals surface area (Å²) >= 11 is 5.04. The Bertz CT molecular complexity index is 351. The van der Waals surface area contributed by atoms with Crippen LogP contribution in [0.1, 0.15) is 25.1 Å². The van der Waals surface area contributed by atoms with Gasteiger partial charge in [-0.25, -0.2) is 0 Å². The molecule has 0 amide bonds. The second-order valence-corrected chi connectivity index (χ2v) is 4.06. The molecule has 1 atom stereocenters. The average molecular weight is 213 g/mol. The molecule has 5 heteroatoms. The van der Waals surface area contributed by atoms with E-state index in [2.05, 4.69) is 10.2 Å². The summed E-state index contributed by atoms with van der Waals surface area (Å²) in [6.07, 6.45) is 4.81. The van der Waals surface area contributed by atoms with Crippen LogP contribution in [0.5, 0.6) is 0 Å². The Balaban J connectivity index is 1.91. The Morgan fingerprint density at radius 3 is 3.14 bits per heavy atom. The first-order chi connectivity index (χ1) is 6.77. The molecule has 2 rings (SSSR count). The maximum atomic E-state index is 5.55. The van der Waals surface area contributed by atoms with Gasteiger partial charge in [0.05, 0.1) is 6.10 Å². The van der Waals surface area contributed by atoms with Crippen LogP contribution in [0.3, 0.4) is 0 Å². The van der Waals surface area contributed by atoms with Crippen molar-refractivity contribution in [2.24, 2.45) is 7.05 Å². The highest BCUT2D eigenvalue weighted by atomic mass is 32.1. The fourth-order valence-corrected chi connectivity index (χ4v) is 1.92. The molecule has 1 fully saturated rings. The van der Waals surface area contributed by atoms with Crippen LogP contribution in [0.4, 0.5) is 0 Å². The molecular weight excluding hydrogens is 198 g/mol. The summed E-state index contributed by atoms with van der Waals surface area (Å²) in [6.45, 7) is 0.920. The summed E-state index contributed by atoms with van der Waals surface area (Å²) in [5, 5.41) is 6.95. The molecule has 1 aromatic heterocycles. The zero-order chi connectivity index (χ0) is 9.97. The minimum atomic E-state index is 0.431. The lowest BCUT2D eigenvalue weighted by molar-refractivity contribution is 0.104. The topological polar surface area (TPSA) is 42.8 Å². The average Bonchev–Trinajstić information content (AvgIpc) is 2.77. The van der Waals surface area contributed by atoms with Crippen molar-refractivity contribution in [1.29, 1.82) is 0 Å². The Hall–Kier alpha value is -0.680. The van der Waals surface area contributed by atoms with E-state index in [4.69, 9.17) is 17.0 Å². The molecular formula is C9H15N3OS. The highest BCUT2D eigenvalue weighted by molar-refractivity contribution is 7.71. The van der Waals surface area contributed by atoms with E-state index in [0.717, 1.165) is 25.3 Å². The van der Waals surface area contributed by atoms with E-state index in [9.17, 15) is 0 Å². The molecule has 2 heterocycles. The third kappa shape index (κ3) is 2.04. The van der Waals surface area contributed by atoms with E-state index < -0.39 is 0 Å². The molecule has 0 saturated carbocycles. The first-order valence-electron chi connectivity index (χ1n) is 4.99. The monoisotopic (exact) mass is 213 g/mol. The molecule has 1 unspecified atom stereocenters. The molecule has 1 aliphatic rings. The van der Waals surface area contributed by atoms with Crippen LogP contribution >= 0.6 is 12.2 Å². The van der Waals surface area contributed by atoms with Crippen molar-refractivity contribution in [3.63, 3.8) is 0 Å². The molecule has 78 valence electrons. The van der Waals surface area contributed by atoms with Gasteiger partial charge in [-0.05, 0) is 31.5 Å². The summed E-state index contributed by atoms with van der Waals surface area (Å²) in [7, 11) is 1.94. The van der Waals surface area contributed by atoms with Gasteiger partial charge in [0, 0.05) is 20.1 Å². The first-order valence-corrected chi connectivity index (χ1v) is 5.40. The highest BCUT2D eigenvalue weighted by Gasteiger charge is 2.16. The van der Waals surface area contributed by atoms with Gasteiger partial charge in [-0.1, -0.05) is 0 Å². The van der Waals surface area contributed by atoms with Crippen molar-refractivity contribution in [1.82, 2.24) is 14.8 Å². The van der Waals surface area contributed by atoms with E-state index in [1.807, 2.05) is 11.6 Å². The van der Waals surface area contributed by atoms with Crippen LogP contribution in [0, 0.1) is 4.77 Å². The SMILES string of the molecule is Cn1c(CCC2CCCO2)n[nH]c1=S. The number of hydrogen-bond donors (Lipinski definition) is 1. The third-order valence-corrected chi connectivity index (χ3v) is 3.05. The van der Waals surface area contributed by atoms with Crippen LogP contribution in [-0.2, 0) is 18.2 Å². The normalized spacial score (nSPS) is 21.6. The quantitative estimate of drug-likeness (QED) is 0.775. The van der Waals surface area contributed by atoms with Crippen LogP contribution in [0.25, 0.3) is 0 Å². The summed E-state index contributed by atoms with van der Waals surface area (Å²) in [4.78, 5) is 0. The smallest absolute Gasteiger partial charge is 0.194 e. The largest absolute Gasteiger partial charge is 0.378 e. The van der Waals surface area contributed by atoms with Crippen molar-refractivity contribution in [2.75, 3.05) is 6.61 Å². The molecule has 1 N–H and O–H groups in total. The number of ether oxygens (including phenoxy) is 1. The van der Waals surface area contributed by atoms with Gasteiger partial charge in [-0.2, -0.15) is 5.10 Å². The summed E-state index contributed by atoms with van der Waals surface area (Å²) in [5.74, 6) is 1.02. The molecule has 1 saturated heterocycles. The number of aromatic nitrogens is 3. The van der Waals surface area contributed by atoms with Gasteiger partial charge in [0.2, 0.25) is 0 Å². The van der Waals surface area contributed by atoms with Gasteiger partial charge in [0.1, 0.15) is 5.82 Å². The van der Waals surface area contributed by atoms with Gasteiger partial charge in [-0.3, -0.25) is 5.10 Å². The van der Waals surface area contributed by atoms with E-state index in [1.54, 1.807) is 0 Å². The zero-order valence-electron chi connectivity index (χ0n) is 8.32. The van der Waals surface area contributed by atoms with Crippen molar-refractivity contribution in [3.8, 4) is 0 Å². The number of H-pyrrole nitrogens is 1. The number of aryl methyl sites for hydroxylation is 1. The van der Waals surface area contributed by atoms with E-state index in [-0.39, 0.29) is 0 Å². The Morgan fingerprint density at radius 1 is 1.71 bits per heavy atom. The molecule has 0 radical (unpaired) electrons. The van der Waals surface area contributed by atoms with E-state index in [0.29, 0.717) is 10.9 Å². The van der Waals surface area contributed by atoms with Gasteiger partial charge in [0.15, 0.2) is 4.77 Å². The summed E-state index contributed by atoms with van der Waals surface area (Å²) in [5.41, 5.74) is 0. The molecule has 0 bridgehead atoms. The fraction of sp³-hybridized carbons (Fsp3) is 0.778. The summed E-state index contributed by atoms with van der Waals surface area (Å²) in [6, 6.07) is 0. The lowest BCUT2D eigenvalue weighted by Gasteiger charge is -2.07. The zero-order valence-corrected chi connectivity index (χ0v) is 9.14. The minimum Gasteiger partial charge on any atom is -0.378 e. The van der Waals surface area contributed by atoms with Crippen molar-refractivity contribution in [3.05, 3.63) is 10.6 Å². The van der Waals surface area contributed by atoms with Crippen LogP contribution in [-0.4, -0.2) is 27.5 Å². The number of hydrogen-bond acceptors (Lipinski definition) is 3. The third-order valence-electron chi connectivity index (χ3n) is 2.69. The van der Waals surface area contributed by atoms with Gasteiger partial charge >= 0.3 is 0 Å². The second-order valence-electron chi connectivity index (χ2n) is 3.68. The Labute approximate surface area is 88.3 Å². The molecule has 0 spiro atoms. The lowest BCUT2D eigenvalue weighted by Crippen LogP contribution is -2.08. The maximum Gasteiger partial charge on any atom is 0.194 e. The lowest BCUT2D eigenvalue weighted by atomic mass is 10.1. The number of rotatable bonds is 3. The first kappa shape index (κ1) is 9.86. The molecule has 0 aromatic carbocycles.